The number of rotatable bonds is 5. The lowest BCUT2D eigenvalue weighted by Crippen LogP contribution is -2.18. The van der Waals surface area contributed by atoms with Gasteiger partial charge in [0.25, 0.3) is 0 Å². The van der Waals surface area contributed by atoms with Gasteiger partial charge in [-0.1, -0.05) is 0 Å². The number of ether oxygens (including phenoxy) is 1. The third-order valence-electron chi connectivity index (χ3n) is 2.76. The molecular weight excluding hydrogens is 317 g/mol. The van der Waals surface area contributed by atoms with Gasteiger partial charge >= 0.3 is 11.9 Å². The second-order valence-electron chi connectivity index (χ2n) is 4.51. The summed E-state index contributed by atoms with van der Waals surface area (Å²) in [6, 6.07) is 2.88. The van der Waals surface area contributed by atoms with Crippen molar-refractivity contribution in [2.75, 3.05) is 18.5 Å². The summed E-state index contributed by atoms with van der Waals surface area (Å²) in [5, 5.41) is 7.96. The molecule has 0 unspecified atom stereocenters. The molecule has 3 N–H and O–H groups in total. The number of nitrogens with zero attached hydrogens (tertiary/aromatic N) is 1. The van der Waals surface area contributed by atoms with Gasteiger partial charge in [-0.2, -0.15) is 18.3 Å². The summed E-state index contributed by atoms with van der Waals surface area (Å²) in [7, 11) is 0. The van der Waals surface area contributed by atoms with Crippen LogP contribution in [0.3, 0.4) is 0 Å². The van der Waals surface area contributed by atoms with Gasteiger partial charge in [-0.15, -0.1) is 0 Å². The fourth-order valence-corrected chi connectivity index (χ4v) is 1.80. The standard InChI is InChI=1S/C13H13F3N4O3/c1-2-23-6-10(21)17-9-4-7(11-18-12(22)20-19-11)3-8(5-9)13(14,15)16/h3-5H,2,6H2,1H3,(H,17,21)(H2,18,19,20,22). The van der Waals surface area contributed by atoms with Crippen molar-refractivity contribution in [3.05, 3.63) is 34.2 Å². The molecule has 1 amide bonds. The highest BCUT2D eigenvalue weighted by atomic mass is 19.4. The Labute approximate surface area is 127 Å². The lowest BCUT2D eigenvalue weighted by molar-refractivity contribution is -0.137. The van der Waals surface area contributed by atoms with E-state index < -0.39 is 23.3 Å². The molecule has 10 heteroatoms. The number of benzene rings is 1. The molecule has 2 rings (SSSR count). The Morgan fingerprint density at radius 2 is 2.09 bits per heavy atom. The third kappa shape index (κ3) is 4.42. The first-order chi connectivity index (χ1) is 10.8. The summed E-state index contributed by atoms with van der Waals surface area (Å²) >= 11 is 0. The van der Waals surface area contributed by atoms with Crippen molar-refractivity contribution in [1.29, 1.82) is 0 Å². The van der Waals surface area contributed by atoms with Gasteiger partial charge in [-0.3, -0.25) is 9.78 Å². The number of carbonyl (C=O) groups excluding carboxylic acids is 1. The molecule has 2 aromatic rings. The predicted octanol–water partition coefficient (Wildman–Crippen LogP) is 1.76. The van der Waals surface area contributed by atoms with Crippen LogP contribution >= 0.6 is 0 Å². The van der Waals surface area contributed by atoms with Crippen molar-refractivity contribution in [2.24, 2.45) is 0 Å². The van der Waals surface area contributed by atoms with Gasteiger partial charge in [0, 0.05) is 17.9 Å². The van der Waals surface area contributed by atoms with E-state index in [0.29, 0.717) is 6.61 Å². The van der Waals surface area contributed by atoms with E-state index in [4.69, 9.17) is 4.74 Å². The van der Waals surface area contributed by atoms with Gasteiger partial charge in [0.05, 0.1) is 5.56 Å². The molecule has 0 aliphatic carbocycles. The molecule has 124 valence electrons. The maximum atomic E-state index is 13.0. The van der Waals surface area contributed by atoms with E-state index in [1.54, 1.807) is 6.92 Å². The smallest absolute Gasteiger partial charge is 0.372 e. The number of nitrogens with one attached hydrogen (secondary N) is 3. The zero-order valence-corrected chi connectivity index (χ0v) is 12.0. The number of hydrogen-bond acceptors (Lipinski definition) is 4. The zero-order valence-electron chi connectivity index (χ0n) is 12.0. The molecule has 0 spiro atoms. The van der Waals surface area contributed by atoms with Crippen molar-refractivity contribution in [1.82, 2.24) is 15.2 Å². The summed E-state index contributed by atoms with van der Waals surface area (Å²) in [6.07, 6.45) is -4.62. The maximum Gasteiger partial charge on any atom is 0.416 e. The van der Waals surface area contributed by atoms with Crippen molar-refractivity contribution in [3.63, 3.8) is 0 Å². The van der Waals surface area contributed by atoms with Gasteiger partial charge in [-0.05, 0) is 25.1 Å². The quantitative estimate of drug-likeness (QED) is 0.778. The van der Waals surface area contributed by atoms with Gasteiger partial charge in [-0.25, -0.2) is 9.89 Å². The van der Waals surface area contributed by atoms with Crippen LogP contribution in [0, 0.1) is 0 Å². The Morgan fingerprint density at radius 1 is 1.35 bits per heavy atom. The van der Waals surface area contributed by atoms with Crippen LogP contribution in [0.15, 0.2) is 23.0 Å². The highest BCUT2D eigenvalue weighted by Gasteiger charge is 2.31. The fraction of sp³-hybridized carbons (Fsp3) is 0.308. The Hall–Kier alpha value is -2.62. The third-order valence-corrected chi connectivity index (χ3v) is 2.76. The number of anilines is 1. The molecule has 0 saturated heterocycles. The van der Waals surface area contributed by atoms with Crippen molar-refractivity contribution in [3.8, 4) is 11.4 Å². The van der Waals surface area contributed by atoms with E-state index in [1.807, 2.05) is 0 Å². The number of halogens is 3. The molecule has 7 nitrogen and oxygen atoms in total. The van der Waals surface area contributed by atoms with E-state index in [-0.39, 0.29) is 23.7 Å². The number of hydrogen-bond donors (Lipinski definition) is 3. The second-order valence-corrected chi connectivity index (χ2v) is 4.51. The lowest BCUT2D eigenvalue weighted by atomic mass is 10.1. The van der Waals surface area contributed by atoms with Crippen LogP contribution in [0.25, 0.3) is 11.4 Å². The summed E-state index contributed by atoms with van der Waals surface area (Å²) < 4.78 is 43.8. The minimum Gasteiger partial charge on any atom is -0.372 e. The number of aromatic amines is 2. The predicted molar refractivity (Wildman–Crippen MR) is 74.8 cm³/mol. The number of amides is 1. The van der Waals surface area contributed by atoms with Crippen LogP contribution in [-0.4, -0.2) is 34.3 Å². The van der Waals surface area contributed by atoms with Gasteiger partial charge in [0.2, 0.25) is 5.91 Å². The number of carbonyl (C=O) groups is 1. The molecule has 0 bridgehead atoms. The van der Waals surface area contributed by atoms with Crippen molar-refractivity contribution >= 4 is 11.6 Å². The Balaban J connectivity index is 2.38. The zero-order chi connectivity index (χ0) is 17.0. The van der Waals surface area contributed by atoms with Crippen molar-refractivity contribution < 1.29 is 22.7 Å². The topological polar surface area (TPSA) is 99.9 Å². The lowest BCUT2D eigenvalue weighted by Gasteiger charge is -2.12. The Morgan fingerprint density at radius 3 is 2.65 bits per heavy atom. The SMILES string of the molecule is CCOCC(=O)Nc1cc(-c2n[nH]c(=O)[nH]2)cc(C(F)(F)F)c1. The van der Waals surface area contributed by atoms with E-state index in [1.165, 1.54) is 6.07 Å². The highest BCUT2D eigenvalue weighted by Crippen LogP contribution is 2.33. The average Bonchev–Trinajstić information content (AvgIpc) is 2.90. The molecule has 0 atom stereocenters. The summed E-state index contributed by atoms with van der Waals surface area (Å²) in [6.45, 7) is 1.71. The number of alkyl halides is 3. The molecule has 0 radical (unpaired) electrons. The van der Waals surface area contributed by atoms with E-state index in [9.17, 15) is 22.8 Å². The fourth-order valence-electron chi connectivity index (χ4n) is 1.80. The van der Waals surface area contributed by atoms with E-state index in [2.05, 4.69) is 20.5 Å². The van der Waals surface area contributed by atoms with Crippen molar-refractivity contribution in [2.45, 2.75) is 13.1 Å². The maximum absolute atomic E-state index is 13.0. The average molecular weight is 330 g/mol. The minimum atomic E-state index is -4.62. The van der Waals surface area contributed by atoms with Crippen LogP contribution in [0.5, 0.6) is 0 Å². The number of aromatic nitrogens is 3. The molecule has 0 saturated carbocycles. The molecule has 0 aliphatic heterocycles. The summed E-state index contributed by atoms with van der Waals surface area (Å²) in [5.74, 6) is -0.658. The first-order valence-corrected chi connectivity index (χ1v) is 6.54. The van der Waals surface area contributed by atoms with E-state index >= 15 is 0 Å². The molecule has 0 aliphatic rings. The van der Waals surface area contributed by atoms with E-state index in [0.717, 1.165) is 12.1 Å². The normalized spacial score (nSPS) is 11.5. The molecular formula is C13H13F3N4O3. The van der Waals surface area contributed by atoms with Gasteiger partial charge in [0.1, 0.15) is 6.61 Å². The molecule has 0 fully saturated rings. The Bertz CT molecular complexity index is 751. The first kappa shape index (κ1) is 16.7. The van der Waals surface area contributed by atoms with Gasteiger partial charge in [0.15, 0.2) is 5.82 Å². The summed E-state index contributed by atoms with van der Waals surface area (Å²) in [5.41, 5.74) is -1.71. The highest BCUT2D eigenvalue weighted by molar-refractivity contribution is 5.92. The molecule has 23 heavy (non-hydrogen) atoms. The number of H-pyrrole nitrogens is 2. The molecule has 1 aromatic heterocycles. The van der Waals surface area contributed by atoms with Crippen LogP contribution < -0.4 is 11.0 Å². The Kier molecular flexibility index (Phi) is 4.84. The van der Waals surface area contributed by atoms with Crippen LogP contribution in [0.2, 0.25) is 0 Å². The van der Waals surface area contributed by atoms with Crippen LogP contribution in [-0.2, 0) is 15.7 Å². The summed E-state index contributed by atoms with van der Waals surface area (Å²) in [4.78, 5) is 24.9. The second kappa shape index (κ2) is 6.65. The largest absolute Gasteiger partial charge is 0.416 e. The minimum absolute atomic E-state index is 0.00452. The first-order valence-electron chi connectivity index (χ1n) is 6.54. The molecule has 1 aromatic carbocycles. The molecule has 1 heterocycles. The van der Waals surface area contributed by atoms with Crippen LogP contribution in [0.1, 0.15) is 12.5 Å². The van der Waals surface area contributed by atoms with Crippen LogP contribution in [0.4, 0.5) is 18.9 Å². The van der Waals surface area contributed by atoms with Gasteiger partial charge < -0.3 is 10.1 Å². The monoisotopic (exact) mass is 330 g/mol.